The molecular formula is C12H18BrNO. The normalized spacial score (nSPS) is 10.7. The molecular weight excluding hydrogens is 254 g/mol. The summed E-state index contributed by atoms with van der Waals surface area (Å²) in [4.78, 5) is 0. The molecule has 2 nitrogen and oxygen atoms in total. The van der Waals surface area contributed by atoms with Crippen molar-refractivity contribution in [3.63, 3.8) is 0 Å². The molecule has 0 saturated heterocycles. The van der Waals surface area contributed by atoms with Gasteiger partial charge in [-0.15, -0.1) is 0 Å². The van der Waals surface area contributed by atoms with Gasteiger partial charge in [-0.2, -0.15) is 0 Å². The standard InChI is InChI=1S/C12H18BrNO/c1-9(2)5-6-15-11-4-3-10(8-14)12(13)7-11/h3-4,7,9H,5-6,8,14H2,1-2H3. The van der Waals surface area contributed by atoms with Crippen molar-refractivity contribution >= 4 is 15.9 Å². The number of hydrogen-bond donors (Lipinski definition) is 1. The minimum atomic E-state index is 0.548. The molecule has 1 rings (SSSR count). The zero-order valence-electron chi connectivity index (χ0n) is 9.29. The zero-order valence-corrected chi connectivity index (χ0v) is 10.9. The summed E-state index contributed by atoms with van der Waals surface area (Å²) >= 11 is 3.47. The topological polar surface area (TPSA) is 35.2 Å². The fourth-order valence-corrected chi connectivity index (χ4v) is 1.72. The van der Waals surface area contributed by atoms with Gasteiger partial charge in [0.1, 0.15) is 5.75 Å². The van der Waals surface area contributed by atoms with Crippen molar-refractivity contribution in [3.8, 4) is 5.75 Å². The van der Waals surface area contributed by atoms with Gasteiger partial charge in [-0.1, -0.05) is 35.8 Å². The van der Waals surface area contributed by atoms with Gasteiger partial charge in [-0.3, -0.25) is 0 Å². The summed E-state index contributed by atoms with van der Waals surface area (Å²) in [6, 6.07) is 5.94. The number of halogens is 1. The van der Waals surface area contributed by atoms with Crippen molar-refractivity contribution in [2.24, 2.45) is 11.7 Å². The van der Waals surface area contributed by atoms with Crippen LogP contribution in [0.2, 0.25) is 0 Å². The highest BCUT2D eigenvalue weighted by Gasteiger charge is 2.01. The van der Waals surface area contributed by atoms with Crippen molar-refractivity contribution < 1.29 is 4.74 Å². The molecule has 0 saturated carbocycles. The minimum absolute atomic E-state index is 0.548. The van der Waals surface area contributed by atoms with E-state index in [9.17, 15) is 0 Å². The van der Waals surface area contributed by atoms with E-state index >= 15 is 0 Å². The molecule has 1 aromatic rings. The van der Waals surface area contributed by atoms with Gasteiger partial charge in [-0.05, 0) is 30.0 Å². The van der Waals surface area contributed by atoms with Crippen LogP contribution in [0.1, 0.15) is 25.8 Å². The molecule has 0 heterocycles. The molecule has 0 fully saturated rings. The van der Waals surface area contributed by atoms with Crippen LogP contribution in [0.3, 0.4) is 0 Å². The van der Waals surface area contributed by atoms with Crippen LogP contribution >= 0.6 is 15.9 Å². The maximum atomic E-state index is 5.63. The van der Waals surface area contributed by atoms with Gasteiger partial charge in [0.2, 0.25) is 0 Å². The largest absolute Gasteiger partial charge is 0.494 e. The zero-order chi connectivity index (χ0) is 11.3. The van der Waals surface area contributed by atoms with Crippen LogP contribution in [0.15, 0.2) is 22.7 Å². The van der Waals surface area contributed by atoms with Crippen LogP contribution in [0.5, 0.6) is 5.75 Å². The van der Waals surface area contributed by atoms with Crippen LogP contribution in [-0.4, -0.2) is 6.61 Å². The number of ether oxygens (including phenoxy) is 1. The molecule has 2 N–H and O–H groups in total. The summed E-state index contributed by atoms with van der Waals surface area (Å²) in [7, 11) is 0. The quantitative estimate of drug-likeness (QED) is 0.892. The van der Waals surface area contributed by atoms with Crippen molar-refractivity contribution in [1.82, 2.24) is 0 Å². The lowest BCUT2D eigenvalue weighted by Crippen LogP contribution is -2.02. The van der Waals surface area contributed by atoms with E-state index in [1.165, 1.54) is 0 Å². The third kappa shape index (κ3) is 4.22. The van der Waals surface area contributed by atoms with Gasteiger partial charge in [0.25, 0.3) is 0 Å². The van der Waals surface area contributed by atoms with E-state index in [1.54, 1.807) is 0 Å². The molecule has 3 heteroatoms. The Labute approximate surface area is 99.9 Å². The second-order valence-corrected chi connectivity index (χ2v) is 4.84. The summed E-state index contributed by atoms with van der Waals surface area (Å²) in [6.07, 6.45) is 1.08. The molecule has 0 aliphatic heterocycles. The first-order valence-electron chi connectivity index (χ1n) is 5.24. The molecule has 15 heavy (non-hydrogen) atoms. The van der Waals surface area contributed by atoms with E-state index in [4.69, 9.17) is 10.5 Å². The van der Waals surface area contributed by atoms with E-state index in [0.29, 0.717) is 12.5 Å². The van der Waals surface area contributed by atoms with Crippen LogP contribution in [0.4, 0.5) is 0 Å². The Balaban J connectivity index is 2.52. The number of hydrogen-bond acceptors (Lipinski definition) is 2. The van der Waals surface area contributed by atoms with Gasteiger partial charge in [0, 0.05) is 11.0 Å². The second kappa shape index (κ2) is 6.13. The number of rotatable bonds is 5. The minimum Gasteiger partial charge on any atom is -0.494 e. The molecule has 0 aliphatic carbocycles. The van der Waals surface area contributed by atoms with E-state index in [0.717, 1.165) is 28.8 Å². The monoisotopic (exact) mass is 271 g/mol. The second-order valence-electron chi connectivity index (χ2n) is 3.99. The molecule has 1 aromatic carbocycles. The molecule has 0 unspecified atom stereocenters. The Bertz CT molecular complexity index is 312. The lowest BCUT2D eigenvalue weighted by Gasteiger charge is -2.09. The first-order valence-corrected chi connectivity index (χ1v) is 6.04. The van der Waals surface area contributed by atoms with Crippen LogP contribution in [0, 0.1) is 5.92 Å². The highest BCUT2D eigenvalue weighted by Crippen LogP contribution is 2.23. The molecule has 84 valence electrons. The SMILES string of the molecule is CC(C)CCOc1ccc(CN)c(Br)c1. The highest BCUT2D eigenvalue weighted by molar-refractivity contribution is 9.10. The Kier molecular flexibility index (Phi) is 5.12. The Morgan fingerprint density at radius 3 is 2.67 bits per heavy atom. The van der Waals surface area contributed by atoms with E-state index in [1.807, 2.05) is 18.2 Å². The number of benzene rings is 1. The predicted octanol–water partition coefficient (Wildman–Crippen LogP) is 3.33. The lowest BCUT2D eigenvalue weighted by atomic mass is 10.1. The molecule has 0 aromatic heterocycles. The van der Waals surface area contributed by atoms with Crippen LogP contribution < -0.4 is 10.5 Å². The summed E-state index contributed by atoms with van der Waals surface area (Å²) in [5, 5.41) is 0. The van der Waals surface area contributed by atoms with Crippen molar-refractivity contribution in [1.29, 1.82) is 0 Å². The third-order valence-electron chi connectivity index (χ3n) is 2.21. The Morgan fingerprint density at radius 1 is 1.40 bits per heavy atom. The molecule has 0 atom stereocenters. The van der Waals surface area contributed by atoms with Gasteiger partial charge in [0.05, 0.1) is 6.61 Å². The summed E-state index contributed by atoms with van der Waals surface area (Å²) in [5.74, 6) is 1.58. The molecule has 0 radical (unpaired) electrons. The average molecular weight is 272 g/mol. The van der Waals surface area contributed by atoms with Gasteiger partial charge in [-0.25, -0.2) is 0 Å². The fraction of sp³-hybridized carbons (Fsp3) is 0.500. The predicted molar refractivity (Wildman–Crippen MR) is 67.0 cm³/mol. The first-order chi connectivity index (χ1) is 7.13. The van der Waals surface area contributed by atoms with Crippen LogP contribution in [-0.2, 0) is 6.54 Å². The first kappa shape index (κ1) is 12.5. The maximum Gasteiger partial charge on any atom is 0.120 e. The highest BCUT2D eigenvalue weighted by atomic mass is 79.9. The fourth-order valence-electron chi connectivity index (χ4n) is 1.20. The molecule has 0 aliphatic rings. The van der Waals surface area contributed by atoms with Gasteiger partial charge < -0.3 is 10.5 Å². The average Bonchev–Trinajstić information content (AvgIpc) is 2.17. The van der Waals surface area contributed by atoms with Crippen molar-refractivity contribution in [2.45, 2.75) is 26.8 Å². The van der Waals surface area contributed by atoms with E-state index in [-0.39, 0.29) is 0 Å². The number of nitrogens with two attached hydrogens (primary N) is 1. The van der Waals surface area contributed by atoms with Crippen molar-refractivity contribution in [2.75, 3.05) is 6.61 Å². The van der Waals surface area contributed by atoms with Crippen LogP contribution in [0.25, 0.3) is 0 Å². The Morgan fingerprint density at radius 2 is 2.13 bits per heavy atom. The third-order valence-corrected chi connectivity index (χ3v) is 2.95. The smallest absolute Gasteiger partial charge is 0.120 e. The van der Waals surface area contributed by atoms with E-state index in [2.05, 4.69) is 29.8 Å². The lowest BCUT2D eigenvalue weighted by molar-refractivity contribution is 0.289. The molecule has 0 spiro atoms. The van der Waals surface area contributed by atoms with Crippen molar-refractivity contribution in [3.05, 3.63) is 28.2 Å². The summed E-state index contributed by atoms with van der Waals surface area (Å²) in [5.41, 5.74) is 6.67. The summed E-state index contributed by atoms with van der Waals surface area (Å²) < 4.78 is 6.65. The molecule has 0 amide bonds. The molecule has 0 bridgehead atoms. The Hall–Kier alpha value is -0.540. The van der Waals surface area contributed by atoms with Gasteiger partial charge in [0.15, 0.2) is 0 Å². The van der Waals surface area contributed by atoms with E-state index < -0.39 is 0 Å². The summed E-state index contributed by atoms with van der Waals surface area (Å²) in [6.45, 7) is 5.70. The van der Waals surface area contributed by atoms with Gasteiger partial charge >= 0.3 is 0 Å². The maximum absolute atomic E-state index is 5.63.